The molecule has 3 N–H and O–H groups in total. The van der Waals surface area contributed by atoms with Crippen molar-refractivity contribution >= 4 is 47.2 Å². The average Bonchev–Trinajstić information content (AvgIpc) is 3.10. The van der Waals surface area contributed by atoms with Crippen molar-refractivity contribution in [3.8, 4) is 5.75 Å². The number of thiazole rings is 1. The van der Waals surface area contributed by atoms with E-state index in [1.54, 1.807) is 24.6 Å². The maximum Gasteiger partial charge on any atom is 0.387 e. The Bertz CT molecular complexity index is 848. The molecule has 0 aliphatic carbocycles. The molecule has 0 atom stereocenters. The number of nitrogens with zero attached hydrogens (tertiary/aromatic N) is 2. The number of amides is 1. The first kappa shape index (κ1) is 26.0. The van der Waals surface area contributed by atoms with Crippen LogP contribution < -0.4 is 20.7 Å². The van der Waals surface area contributed by atoms with Gasteiger partial charge < -0.3 is 20.7 Å². The summed E-state index contributed by atoms with van der Waals surface area (Å²) in [4.78, 5) is 21.2. The minimum atomic E-state index is -2.89. The van der Waals surface area contributed by atoms with Crippen LogP contribution in [0.15, 0.2) is 28.7 Å². The van der Waals surface area contributed by atoms with Crippen molar-refractivity contribution in [3.63, 3.8) is 0 Å². The Labute approximate surface area is 195 Å². The van der Waals surface area contributed by atoms with E-state index in [1.165, 1.54) is 17.4 Å². The van der Waals surface area contributed by atoms with Gasteiger partial charge >= 0.3 is 6.61 Å². The van der Waals surface area contributed by atoms with Crippen LogP contribution in [0.3, 0.4) is 0 Å². The third kappa shape index (κ3) is 8.38. The molecule has 1 aromatic heterocycles. The number of hydrogen-bond donors (Lipinski definition) is 3. The molecular weight excluding hydrogens is 527 g/mol. The number of benzene rings is 1. The van der Waals surface area contributed by atoms with Crippen LogP contribution in [0.4, 0.5) is 8.78 Å². The molecule has 11 heteroatoms. The summed E-state index contributed by atoms with van der Waals surface area (Å²) < 4.78 is 29.8. The molecule has 2 rings (SSSR count). The van der Waals surface area contributed by atoms with Crippen molar-refractivity contribution in [1.82, 2.24) is 20.9 Å². The van der Waals surface area contributed by atoms with Gasteiger partial charge in [0.2, 0.25) is 0 Å². The van der Waals surface area contributed by atoms with Crippen LogP contribution in [0, 0.1) is 13.8 Å². The van der Waals surface area contributed by atoms with Crippen LogP contribution in [-0.4, -0.2) is 43.1 Å². The summed E-state index contributed by atoms with van der Waals surface area (Å²) in [6.07, 6.45) is 0. The highest BCUT2D eigenvalue weighted by molar-refractivity contribution is 14.0. The molecular formula is C19H26F2IN5O2S. The zero-order valence-corrected chi connectivity index (χ0v) is 20.1. The quantitative estimate of drug-likeness (QED) is 0.192. The van der Waals surface area contributed by atoms with E-state index in [0.29, 0.717) is 41.7 Å². The fraction of sp³-hybridized carbons (Fsp3) is 0.421. The maximum atomic E-state index is 12.6. The van der Waals surface area contributed by atoms with Gasteiger partial charge in [-0.25, -0.2) is 9.98 Å². The second-order valence-electron chi connectivity index (χ2n) is 6.13. The molecule has 0 spiro atoms. The summed E-state index contributed by atoms with van der Waals surface area (Å²) in [5, 5.41) is 9.00. The van der Waals surface area contributed by atoms with Gasteiger partial charge in [0.15, 0.2) is 5.96 Å². The third-order valence-corrected chi connectivity index (χ3v) is 4.77. The topological polar surface area (TPSA) is 87.6 Å². The molecule has 0 bridgehead atoms. The highest BCUT2D eigenvalue weighted by atomic mass is 127. The molecule has 0 radical (unpaired) electrons. The molecule has 0 saturated heterocycles. The van der Waals surface area contributed by atoms with Crippen LogP contribution in [-0.2, 0) is 6.54 Å². The van der Waals surface area contributed by atoms with Gasteiger partial charge in [-0.2, -0.15) is 8.78 Å². The van der Waals surface area contributed by atoms with E-state index in [2.05, 4.69) is 30.7 Å². The molecule has 1 heterocycles. The Morgan fingerprint density at radius 1 is 1.23 bits per heavy atom. The van der Waals surface area contributed by atoms with E-state index in [-0.39, 0.29) is 42.2 Å². The number of aromatic nitrogens is 1. The summed E-state index contributed by atoms with van der Waals surface area (Å²) in [5.74, 6) is 0.458. The standard InChI is InChI=1S/C19H25F2N5O2S.HI/c1-4-22-19(24-8-7-23-17(27)16-13(3)26-11-29-16)25-10-14-9-12(2)5-6-15(14)28-18(20)21;/h5-6,9,11,18H,4,7-8,10H2,1-3H3,(H,23,27)(H2,22,24,25);1H. The van der Waals surface area contributed by atoms with Gasteiger partial charge in [-0.05, 0) is 26.8 Å². The number of carbonyl (C=O) groups is 1. The largest absolute Gasteiger partial charge is 0.434 e. The first-order valence-corrected chi connectivity index (χ1v) is 10.0. The van der Waals surface area contributed by atoms with Gasteiger partial charge in [-0.15, -0.1) is 35.3 Å². The Hall–Kier alpha value is -2.02. The van der Waals surface area contributed by atoms with E-state index in [1.807, 2.05) is 13.8 Å². The van der Waals surface area contributed by atoms with Crippen LogP contribution in [0.25, 0.3) is 0 Å². The van der Waals surface area contributed by atoms with E-state index in [9.17, 15) is 13.6 Å². The molecule has 1 amide bonds. The van der Waals surface area contributed by atoms with Crippen molar-refractivity contribution < 1.29 is 18.3 Å². The van der Waals surface area contributed by atoms with Crippen molar-refractivity contribution in [3.05, 3.63) is 45.4 Å². The number of guanidine groups is 1. The Morgan fingerprint density at radius 2 is 1.97 bits per heavy atom. The first-order valence-electron chi connectivity index (χ1n) is 9.15. The zero-order valence-electron chi connectivity index (χ0n) is 17.0. The second-order valence-corrected chi connectivity index (χ2v) is 6.99. The average molecular weight is 553 g/mol. The van der Waals surface area contributed by atoms with Crippen molar-refractivity contribution in [2.45, 2.75) is 33.9 Å². The monoisotopic (exact) mass is 553 g/mol. The molecule has 0 saturated carbocycles. The highest BCUT2D eigenvalue weighted by Crippen LogP contribution is 2.22. The third-order valence-electron chi connectivity index (χ3n) is 3.84. The van der Waals surface area contributed by atoms with Gasteiger partial charge in [0.25, 0.3) is 5.91 Å². The Kier molecular flexibility index (Phi) is 11.5. The lowest BCUT2D eigenvalue weighted by molar-refractivity contribution is -0.0504. The van der Waals surface area contributed by atoms with E-state index < -0.39 is 6.61 Å². The summed E-state index contributed by atoms with van der Waals surface area (Å²) in [5.41, 5.74) is 3.83. The maximum absolute atomic E-state index is 12.6. The minimum absolute atomic E-state index is 0. The van der Waals surface area contributed by atoms with Gasteiger partial charge in [0, 0.05) is 25.2 Å². The number of alkyl halides is 2. The number of rotatable bonds is 9. The SMILES string of the molecule is CCNC(=NCc1cc(C)ccc1OC(F)F)NCCNC(=O)c1scnc1C.I. The molecule has 30 heavy (non-hydrogen) atoms. The van der Waals surface area contributed by atoms with Crippen LogP contribution >= 0.6 is 35.3 Å². The van der Waals surface area contributed by atoms with Gasteiger partial charge in [0.1, 0.15) is 10.6 Å². The van der Waals surface area contributed by atoms with E-state index >= 15 is 0 Å². The van der Waals surface area contributed by atoms with Crippen LogP contribution in [0.2, 0.25) is 0 Å². The fourth-order valence-electron chi connectivity index (χ4n) is 2.51. The summed E-state index contributed by atoms with van der Waals surface area (Å²) >= 11 is 1.30. The fourth-order valence-corrected chi connectivity index (χ4v) is 3.22. The summed E-state index contributed by atoms with van der Waals surface area (Å²) in [6, 6.07) is 4.99. The lowest BCUT2D eigenvalue weighted by atomic mass is 10.1. The van der Waals surface area contributed by atoms with Crippen LogP contribution in [0.1, 0.15) is 33.4 Å². The molecule has 0 aliphatic rings. The number of aryl methyl sites for hydroxylation is 2. The predicted molar refractivity (Wildman–Crippen MR) is 125 cm³/mol. The molecule has 1 aromatic carbocycles. The highest BCUT2D eigenvalue weighted by Gasteiger charge is 2.11. The van der Waals surface area contributed by atoms with Gasteiger partial charge in [-0.3, -0.25) is 4.79 Å². The Balaban J connectivity index is 0.00000450. The van der Waals surface area contributed by atoms with Crippen molar-refractivity contribution in [1.29, 1.82) is 0 Å². The van der Waals surface area contributed by atoms with Crippen molar-refractivity contribution in [2.24, 2.45) is 4.99 Å². The molecule has 7 nitrogen and oxygen atoms in total. The summed E-state index contributed by atoms with van der Waals surface area (Å²) in [7, 11) is 0. The zero-order chi connectivity index (χ0) is 21.2. The first-order chi connectivity index (χ1) is 13.9. The number of hydrogen-bond acceptors (Lipinski definition) is 5. The lowest BCUT2D eigenvalue weighted by Crippen LogP contribution is -2.41. The lowest BCUT2D eigenvalue weighted by Gasteiger charge is -2.13. The van der Waals surface area contributed by atoms with Gasteiger partial charge in [0.05, 0.1) is 17.7 Å². The molecule has 0 unspecified atom stereocenters. The van der Waals surface area contributed by atoms with E-state index in [4.69, 9.17) is 0 Å². The number of carbonyl (C=O) groups excluding carboxylic acids is 1. The number of nitrogens with one attached hydrogen (secondary N) is 3. The smallest absolute Gasteiger partial charge is 0.387 e. The van der Waals surface area contributed by atoms with Crippen molar-refractivity contribution in [2.75, 3.05) is 19.6 Å². The number of ether oxygens (including phenoxy) is 1. The normalized spacial score (nSPS) is 11.1. The minimum Gasteiger partial charge on any atom is -0.434 e. The molecule has 166 valence electrons. The number of aliphatic imine (C=N–C) groups is 1. The molecule has 2 aromatic rings. The molecule has 0 aliphatic heterocycles. The molecule has 0 fully saturated rings. The number of halogens is 3. The van der Waals surface area contributed by atoms with Gasteiger partial charge in [-0.1, -0.05) is 17.7 Å². The second kappa shape index (κ2) is 13.3. The Morgan fingerprint density at radius 3 is 2.60 bits per heavy atom. The summed E-state index contributed by atoms with van der Waals surface area (Å²) in [6.45, 7) is 4.33. The van der Waals surface area contributed by atoms with Crippen LogP contribution in [0.5, 0.6) is 5.75 Å². The predicted octanol–water partition coefficient (Wildman–Crippen LogP) is 3.46. The van der Waals surface area contributed by atoms with E-state index in [0.717, 1.165) is 5.56 Å².